The Bertz CT molecular complexity index is 510. The molecule has 6 heteroatoms. The second-order valence-electron chi connectivity index (χ2n) is 5.40. The van der Waals surface area contributed by atoms with Gasteiger partial charge in [0.25, 0.3) is 5.91 Å². The number of nitrogens with one attached hydrogen (secondary N) is 1. The lowest BCUT2D eigenvalue weighted by atomic mass is 9.85. The van der Waals surface area contributed by atoms with Gasteiger partial charge in [-0.2, -0.15) is 0 Å². The summed E-state index contributed by atoms with van der Waals surface area (Å²) in [7, 11) is 1.70. The second kappa shape index (κ2) is 6.09. The molecule has 1 fully saturated rings. The predicted octanol–water partition coefficient (Wildman–Crippen LogP) is 0.405. The van der Waals surface area contributed by atoms with Crippen LogP contribution in [0.4, 0.5) is 0 Å². The Morgan fingerprint density at radius 3 is 2.75 bits per heavy atom. The van der Waals surface area contributed by atoms with Crippen molar-refractivity contribution < 1.29 is 14.7 Å². The van der Waals surface area contributed by atoms with Crippen LogP contribution in [0.2, 0.25) is 0 Å². The number of aliphatic hydroxyl groups excluding tert-OH is 1. The maximum atomic E-state index is 12.3. The number of aromatic nitrogens is 1. The van der Waals surface area contributed by atoms with Gasteiger partial charge in [-0.3, -0.25) is 9.59 Å². The summed E-state index contributed by atoms with van der Waals surface area (Å²) < 4.78 is 1.59. The zero-order valence-corrected chi connectivity index (χ0v) is 11.6. The molecule has 1 aromatic heterocycles. The first-order chi connectivity index (χ1) is 9.52. The number of carbonyl (C=O) groups is 2. The molecule has 0 aromatic carbocycles. The molecule has 2 unspecified atom stereocenters. The third-order valence-corrected chi connectivity index (χ3v) is 3.98. The van der Waals surface area contributed by atoms with Crippen molar-refractivity contribution in [1.29, 1.82) is 0 Å². The summed E-state index contributed by atoms with van der Waals surface area (Å²) >= 11 is 0. The van der Waals surface area contributed by atoms with Gasteiger partial charge in [-0.15, -0.1) is 0 Å². The van der Waals surface area contributed by atoms with Gasteiger partial charge in [-0.05, 0) is 18.9 Å². The van der Waals surface area contributed by atoms with Crippen molar-refractivity contribution in [2.75, 3.05) is 6.61 Å². The number of nitrogens with two attached hydrogens (primary N) is 1. The Morgan fingerprint density at radius 2 is 2.15 bits per heavy atom. The molecule has 20 heavy (non-hydrogen) atoms. The molecule has 2 amide bonds. The number of aryl methyl sites for hydroxylation is 1. The number of rotatable bonds is 4. The van der Waals surface area contributed by atoms with Crippen LogP contribution in [0.25, 0.3) is 0 Å². The molecule has 2 atom stereocenters. The Morgan fingerprint density at radius 1 is 1.45 bits per heavy atom. The minimum Gasteiger partial charge on any atom is -0.396 e. The Balaban J connectivity index is 2.09. The van der Waals surface area contributed by atoms with E-state index in [2.05, 4.69) is 5.32 Å². The van der Waals surface area contributed by atoms with Crippen LogP contribution in [-0.4, -0.2) is 34.1 Å². The Hall–Kier alpha value is -1.82. The van der Waals surface area contributed by atoms with E-state index in [1.54, 1.807) is 17.8 Å². The van der Waals surface area contributed by atoms with Crippen LogP contribution in [-0.2, 0) is 7.05 Å². The van der Waals surface area contributed by atoms with Crippen molar-refractivity contribution in [3.63, 3.8) is 0 Å². The molecule has 0 spiro atoms. The molecule has 2 rings (SSSR count). The van der Waals surface area contributed by atoms with Crippen LogP contribution in [0, 0.1) is 5.92 Å². The van der Waals surface area contributed by atoms with Gasteiger partial charge < -0.3 is 20.7 Å². The van der Waals surface area contributed by atoms with Gasteiger partial charge in [-0.25, -0.2) is 0 Å². The van der Waals surface area contributed by atoms with Gasteiger partial charge in [0.1, 0.15) is 5.69 Å². The van der Waals surface area contributed by atoms with Crippen LogP contribution < -0.4 is 11.1 Å². The van der Waals surface area contributed by atoms with Gasteiger partial charge in [0, 0.05) is 31.8 Å². The van der Waals surface area contributed by atoms with Crippen LogP contribution >= 0.6 is 0 Å². The van der Waals surface area contributed by atoms with Crippen molar-refractivity contribution in [2.45, 2.75) is 31.7 Å². The summed E-state index contributed by atoms with van der Waals surface area (Å²) in [6, 6.07) is 1.49. The standard InChI is InChI=1S/C14H21N3O3/c1-17-7-10(13(15)19)6-12(17)14(20)16-11-5-3-2-4-9(11)8-18/h6-7,9,11,18H,2-5,8H2,1H3,(H2,15,19)(H,16,20). The van der Waals surface area contributed by atoms with Gasteiger partial charge in [0.05, 0.1) is 5.56 Å². The highest BCUT2D eigenvalue weighted by atomic mass is 16.3. The first-order valence-corrected chi connectivity index (χ1v) is 6.90. The van der Waals surface area contributed by atoms with E-state index in [0.29, 0.717) is 11.3 Å². The molecule has 1 aliphatic carbocycles. The lowest BCUT2D eigenvalue weighted by Crippen LogP contribution is -2.43. The third kappa shape index (κ3) is 3.01. The first-order valence-electron chi connectivity index (χ1n) is 6.90. The van der Waals surface area contributed by atoms with E-state index in [4.69, 9.17) is 5.73 Å². The number of nitrogens with zero attached hydrogens (tertiary/aromatic N) is 1. The van der Waals surface area contributed by atoms with E-state index in [-0.39, 0.29) is 24.5 Å². The molecule has 0 radical (unpaired) electrons. The lowest BCUT2D eigenvalue weighted by Gasteiger charge is -2.30. The highest BCUT2D eigenvalue weighted by Gasteiger charge is 2.27. The molecule has 1 aliphatic rings. The van der Waals surface area contributed by atoms with Crippen LogP contribution in [0.3, 0.4) is 0 Å². The predicted molar refractivity (Wildman–Crippen MR) is 74.2 cm³/mol. The zero-order valence-electron chi connectivity index (χ0n) is 11.6. The average Bonchev–Trinajstić information content (AvgIpc) is 2.82. The molecule has 1 saturated carbocycles. The highest BCUT2D eigenvalue weighted by molar-refractivity contribution is 5.98. The molecule has 110 valence electrons. The normalized spacial score (nSPS) is 22.5. The lowest BCUT2D eigenvalue weighted by molar-refractivity contribution is 0.0864. The summed E-state index contributed by atoms with van der Waals surface area (Å²) in [5.74, 6) is -0.667. The quantitative estimate of drug-likeness (QED) is 0.744. The zero-order chi connectivity index (χ0) is 14.7. The second-order valence-corrected chi connectivity index (χ2v) is 5.40. The molecule has 0 bridgehead atoms. The molecule has 1 heterocycles. The minimum absolute atomic E-state index is 0.00632. The van der Waals surface area contributed by atoms with Gasteiger partial charge in [0.15, 0.2) is 0 Å². The SMILES string of the molecule is Cn1cc(C(N)=O)cc1C(=O)NC1CCCCC1CO. The van der Waals surface area contributed by atoms with E-state index in [1.165, 1.54) is 6.07 Å². The number of hydrogen-bond donors (Lipinski definition) is 3. The van der Waals surface area contributed by atoms with Crippen molar-refractivity contribution in [2.24, 2.45) is 18.7 Å². The van der Waals surface area contributed by atoms with E-state index >= 15 is 0 Å². The smallest absolute Gasteiger partial charge is 0.268 e. The van der Waals surface area contributed by atoms with Gasteiger partial charge in [0.2, 0.25) is 5.91 Å². The maximum absolute atomic E-state index is 12.3. The number of amides is 2. The Labute approximate surface area is 118 Å². The largest absolute Gasteiger partial charge is 0.396 e. The summed E-state index contributed by atoms with van der Waals surface area (Å²) in [5.41, 5.74) is 5.93. The van der Waals surface area contributed by atoms with Gasteiger partial charge >= 0.3 is 0 Å². The van der Waals surface area contributed by atoms with Crippen molar-refractivity contribution in [3.05, 3.63) is 23.5 Å². The molecule has 0 saturated heterocycles. The molecule has 1 aromatic rings. The van der Waals surface area contributed by atoms with E-state index in [0.717, 1.165) is 25.7 Å². The fraction of sp³-hybridized carbons (Fsp3) is 0.571. The summed E-state index contributed by atoms with van der Waals surface area (Å²) in [4.78, 5) is 23.4. The summed E-state index contributed by atoms with van der Waals surface area (Å²) in [6.45, 7) is 0.0879. The van der Waals surface area contributed by atoms with E-state index in [9.17, 15) is 14.7 Å². The third-order valence-electron chi connectivity index (χ3n) is 3.98. The van der Waals surface area contributed by atoms with Gasteiger partial charge in [-0.1, -0.05) is 12.8 Å². The highest BCUT2D eigenvalue weighted by Crippen LogP contribution is 2.24. The van der Waals surface area contributed by atoms with Crippen molar-refractivity contribution in [1.82, 2.24) is 9.88 Å². The molecule has 6 nitrogen and oxygen atoms in total. The fourth-order valence-electron chi connectivity index (χ4n) is 2.78. The van der Waals surface area contributed by atoms with Crippen molar-refractivity contribution >= 4 is 11.8 Å². The monoisotopic (exact) mass is 279 g/mol. The first kappa shape index (κ1) is 14.6. The van der Waals surface area contributed by atoms with Crippen molar-refractivity contribution in [3.8, 4) is 0 Å². The van der Waals surface area contributed by atoms with Crippen LogP contribution in [0.5, 0.6) is 0 Å². The molecular formula is C14H21N3O3. The Kier molecular flexibility index (Phi) is 4.44. The summed E-state index contributed by atoms with van der Waals surface area (Å²) in [6.07, 6.45) is 5.50. The fourth-order valence-corrected chi connectivity index (χ4v) is 2.78. The van der Waals surface area contributed by atoms with Crippen LogP contribution in [0.1, 0.15) is 46.5 Å². The maximum Gasteiger partial charge on any atom is 0.268 e. The number of carbonyl (C=O) groups excluding carboxylic acids is 2. The number of aliphatic hydroxyl groups is 1. The molecule has 0 aliphatic heterocycles. The molecule has 4 N–H and O–H groups in total. The number of hydrogen-bond acceptors (Lipinski definition) is 3. The minimum atomic E-state index is -0.550. The van der Waals surface area contributed by atoms with E-state index in [1.807, 2.05) is 0 Å². The van der Waals surface area contributed by atoms with E-state index < -0.39 is 5.91 Å². The average molecular weight is 279 g/mol. The number of primary amides is 1. The molecular weight excluding hydrogens is 258 g/mol. The van der Waals surface area contributed by atoms with Crippen LogP contribution in [0.15, 0.2) is 12.3 Å². The summed E-state index contributed by atoms with van der Waals surface area (Å²) in [5, 5.41) is 12.3. The topological polar surface area (TPSA) is 97.4 Å².